The van der Waals surface area contributed by atoms with Gasteiger partial charge in [0, 0.05) is 29.2 Å². The molecule has 1 aliphatic rings. The number of nitrogens with two attached hydrogens (primary N) is 1. The lowest BCUT2D eigenvalue weighted by atomic mass is 9.82. The van der Waals surface area contributed by atoms with E-state index in [2.05, 4.69) is 20.6 Å². The first-order valence-corrected chi connectivity index (χ1v) is 12.9. The second-order valence-corrected chi connectivity index (χ2v) is 11.0. The van der Waals surface area contributed by atoms with Gasteiger partial charge in [0.15, 0.2) is 11.5 Å². The predicted molar refractivity (Wildman–Crippen MR) is 148 cm³/mol. The number of aromatic nitrogens is 2. The molecule has 1 aliphatic heterocycles. The van der Waals surface area contributed by atoms with E-state index in [0.717, 1.165) is 5.56 Å². The highest BCUT2D eigenvalue weighted by atomic mass is 35.5. The standard InChI is InChI=1S/C28H31ClN6O4/c1-28(2,3)23-20(11-12-35(23)27(38)39)34-26(37)22-24(30)31-15-21(33-22)17-5-4-6-18(13-17)25(36)32-14-16-7-9-19(29)10-8-16/h4-10,13,15,20,23H,11-12,14H2,1-3H3,(H2,30,31)(H,32,36)(H,34,37)(H,38,39)/t20-,23?/m0/s1. The molecule has 2 atom stereocenters. The lowest BCUT2D eigenvalue weighted by molar-refractivity contribution is 0.0823. The van der Waals surface area contributed by atoms with Gasteiger partial charge in [0.25, 0.3) is 11.8 Å². The quantitative estimate of drug-likeness (QED) is 0.359. The highest BCUT2D eigenvalue weighted by molar-refractivity contribution is 6.30. The van der Waals surface area contributed by atoms with E-state index < -0.39 is 29.5 Å². The molecule has 39 heavy (non-hydrogen) atoms. The largest absolute Gasteiger partial charge is 0.465 e. The van der Waals surface area contributed by atoms with Gasteiger partial charge in [-0.3, -0.25) is 9.59 Å². The zero-order valence-electron chi connectivity index (χ0n) is 21.9. The van der Waals surface area contributed by atoms with Crippen LogP contribution < -0.4 is 16.4 Å². The summed E-state index contributed by atoms with van der Waals surface area (Å²) in [7, 11) is 0. The number of nitrogen functional groups attached to an aromatic ring is 1. The van der Waals surface area contributed by atoms with Crippen molar-refractivity contribution in [1.29, 1.82) is 0 Å². The van der Waals surface area contributed by atoms with Gasteiger partial charge in [-0.15, -0.1) is 0 Å². The molecule has 2 aromatic carbocycles. The van der Waals surface area contributed by atoms with Crippen LogP contribution in [-0.2, 0) is 6.54 Å². The van der Waals surface area contributed by atoms with E-state index in [1.807, 2.05) is 32.9 Å². The summed E-state index contributed by atoms with van der Waals surface area (Å²) in [4.78, 5) is 47.7. The van der Waals surface area contributed by atoms with Crippen molar-refractivity contribution in [2.45, 2.75) is 45.8 Å². The minimum absolute atomic E-state index is 0.0477. The molecule has 0 bridgehead atoms. The van der Waals surface area contributed by atoms with Crippen molar-refractivity contribution in [3.8, 4) is 11.3 Å². The molecule has 1 fully saturated rings. The SMILES string of the molecule is CC(C)(C)C1[C@@H](NC(=O)c2nc(-c3cccc(C(=O)NCc4ccc(Cl)cc4)c3)cnc2N)CCN1C(=O)O. The fraction of sp³-hybridized carbons (Fsp3) is 0.321. The highest BCUT2D eigenvalue weighted by Crippen LogP contribution is 2.33. The number of carbonyl (C=O) groups is 3. The molecule has 0 radical (unpaired) electrons. The average Bonchev–Trinajstić information content (AvgIpc) is 3.33. The number of carbonyl (C=O) groups excluding carboxylic acids is 2. The first-order chi connectivity index (χ1) is 18.4. The van der Waals surface area contributed by atoms with Gasteiger partial charge in [-0.1, -0.05) is 56.6 Å². The molecule has 1 aromatic heterocycles. The van der Waals surface area contributed by atoms with Crippen LogP contribution in [0.3, 0.4) is 0 Å². The molecule has 4 rings (SSSR count). The molecule has 10 nitrogen and oxygen atoms in total. The molecule has 5 N–H and O–H groups in total. The third-order valence-corrected chi connectivity index (χ3v) is 6.90. The van der Waals surface area contributed by atoms with Crippen LogP contribution in [0.4, 0.5) is 10.6 Å². The second-order valence-electron chi connectivity index (χ2n) is 10.5. The summed E-state index contributed by atoms with van der Waals surface area (Å²) in [6.07, 6.45) is 0.890. The summed E-state index contributed by atoms with van der Waals surface area (Å²) in [5.74, 6) is -0.857. The monoisotopic (exact) mass is 550 g/mol. The molecule has 1 unspecified atom stereocenters. The Balaban J connectivity index is 1.51. The van der Waals surface area contributed by atoms with Crippen molar-refractivity contribution in [3.63, 3.8) is 0 Å². The molecule has 2 heterocycles. The van der Waals surface area contributed by atoms with Crippen LogP contribution in [0.5, 0.6) is 0 Å². The van der Waals surface area contributed by atoms with Crippen molar-refractivity contribution in [2.75, 3.05) is 12.3 Å². The Morgan fingerprint density at radius 1 is 1.13 bits per heavy atom. The topological polar surface area (TPSA) is 151 Å². The summed E-state index contributed by atoms with van der Waals surface area (Å²) in [6, 6.07) is 13.2. The average molecular weight is 551 g/mol. The first-order valence-electron chi connectivity index (χ1n) is 12.5. The van der Waals surface area contributed by atoms with Gasteiger partial charge in [-0.05, 0) is 41.7 Å². The third-order valence-electron chi connectivity index (χ3n) is 6.65. The van der Waals surface area contributed by atoms with Gasteiger partial charge in [-0.2, -0.15) is 0 Å². The first kappa shape index (κ1) is 27.8. The number of amides is 3. The number of carboxylic acid groups (broad SMARTS) is 1. The Morgan fingerprint density at radius 3 is 2.51 bits per heavy atom. The maximum Gasteiger partial charge on any atom is 0.407 e. The number of likely N-dealkylation sites (tertiary alicyclic amines) is 1. The van der Waals surface area contributed by atoms with Crippen molar-refractivity contribution in [3.05, 3.63) is 76.6 Å². The molecular formula is C28H31ClN6O4. The maximum atomic E-state index is 13.2. The van der Waals surface area contributed by atoms with Crippen LogP contribution in [0.25, 0.3) is 11.3 Å². The molecule has 0 spiro atoms. The fourth-order valence-electron chi connectivity index (χ4n) is 4.88. The molecule has 204 valence electrons. The molecule has 0 aliphatic carbocycles. The second kappa shape index (κ2) is 11.3. The number of nitrogens with zero attached hydrogens (tertiary/aromatic N) is 3. The highest BCUT2D eigenvalue weighted by Gasteiger charge is 2.44. The Hall–Kier alpha value is -4.18. The molecular weight excluding hydrogens is 520 g/mol. The van der Waals surface area contributed by atoms with Crippen molar-refractivity contribution in [1.82, 2.24) is 25.5 Å². The lowest BCUT2D eigenvalue weighted by Crippen LogP contribution is -2.53. The molecule has 3 aromatic rings. The maximum absolute atomic E-state index is 13.2. The molecule has 1 saturated heterocycles. The normalized spacial score (nSPS) is 17.1. The van der Waals surface area contributed by atoms with Crippen molar-refractivity contribution in [2.24, 2.45) is 5.41 Å². The number of rotatable bonds is 6. The van der Waals surface area contributed by atoms with Crippen molar-refractivity contribution < 1.29 is 19.5 Å². The summed E-state index contributed by atoms with van der Waals surface area (Å²) in [6.45, 7) is 6.46. The van der Waals surface area contributed by atoms with Gasteiger partial charge in [0.05, 0.1) is 24.0 Å². The predicted octanol–water partition coefficient (Wildman–Crippen LogP) is 4.21. The van der Waals surface area contributed by atoms with Crippen LogP contribution in [-0.4, -0.2) is 56.5 Å². The fourth-order valence-corrected chi connectivity index (χ4v) is 5.00. The molecule has 11 heteroatoms. The van der Waals surface area contributed by atoms with Crippen LogP contribution >= 0.6 is 11.6 Å². The van der Waals surface area contributed by atoms with E-state index in [4.69, 9.17) is 17.3 Å². The van der Waals surface area contributed by atoms with Crippen LogP contribution in [0.2, 0.25) is 5.02 Å². The summed E-state index contributed by atoms with van der Waals surface area (Å²) >= 11 is 5.92. The van der Waals surface area contributed by atoms with E-state index >= 15 is 0 Å². The Morgan fingerprint density at radius 2 is 1.85 bits per heavy atom. The van der Waals surface area contributed by atoms with E-state index in [1.165, 1.54) is 11.1 Å². The Bertz CT molecular complexity index is 1390. The van der Waals surface area contributed by atoms with E-state index in [0.29, 0.717) is 41.4 Å². The van der Waals surface area contributed by atoms with Crippen LogP contribution in [0.15, 0.2) is 54.7 Å². The minimum atomic E-state index is -1.02. The third kappa shape index (κ3) is 6.46. The number of benzene rings is 2. The summed E-state index contributed by atoms with van der Waals surface area (Å²) < 4.78 is 0. The van der Waals surface area contributed by atoms with E-state index in [9.17, 15) is 19.5 Å². The summed E-state index contributed by atoms with van der Waals surface area (Å²) in [5, 5.41) is 16.0. The van der Waals surface area contributed by atoms with Gasteiger partial charge in [-0.25, -0.2) is 14.8 Å². The number of halogens is 1. The lowest BCUT2D eigenvalue weighted by Gasteiger charge is -2.37. The molecule has 0 saturated carbocycles. The van der Waals surface area contributed by atoms with Crippen LogP contribution in [0, 0.1) is 5.41 Å². The number of nitrogens with one attached hydrogen (secondary N) is 2. The number of hydrogen-bond donors (Lipinski definition) is 4. The Kier molecular flexibility index (Phi) is 8.06. The van der Waals surface area contributed by atoms with Crippen LogP contribution in [0.1, 0.15) is 53.6 Å². The van der Waals surface area contributed by atoms with Gasteiger partial charge in [0.2, 0.25) is 0 Å². The van der Waals surface area contributed by atoms with Gasteiger partial charge in [0.1, 0.15) is 0 Å². The van der Waals surface area contributed by atoms with Crippen molar-refractivity contribution >= 4 is 35.3 Å². The van der Waals surface area contributed by atoms with E-state index in [1.54, 1.807) is 36.4 Å². The zero-order valence-corrected chi connectivity index (χ0v) is 22.7. The zero-order chi connectivity index (χ0) is 28.3. The minimum Gasteiger partial charge on any atom is -0.465 e. The van der Waals surface area contributed by atoms with Gasteiger partial charge >= 0.3 is 6.09 Å². The molecule has 3 amide bonds. The summed E-state index contributed by atoms with van der Waals surface area (Å²) in [5.41, 5.74) is 7.82. The van der Waals surface area contributed by atoms with E-state index in [-0.39, 0.29) is 17.4 Å². The number of hydrogen-bond acceptors (Lipinski definition) is 6. The van der Waals surface area contributed by atoms with Gasteiger partial charge < -0.3 is 26.4 Å². The Labute approximate surface area is 231 Å². The smallest absolute Gasteiger partial charge is 0.407 e. The number of anilines is 1.